The highest BCUT2D eigenvalue weighted by Crippen LogP contribution is 2.27. The largest absolute Gasteiger partial charge is 0.370 e. The van der Waals surface area contributed by atoms with E-state index in [0.717, 1.165) is 23.3 Å². The predicted molar refractivity (Wildman–Crippen MR) is 78.6 cm³/mol. The Morgan fingerprint density at radius 2 is 2.11 bits per heavy atom. The van der Waals surface area contributed by atoms with Crippen LogP contribution in [0.5, 0.6) is 0 Å². The van der Waals surface area contributed by atoms with Crippen LogP contribution in [0.1, 0.15) is 32.6 Å². The summed E-state index contributed by atoms with van der Waals surface area (Å²) in [7, 11) is 2.15. The molecule has 5 heteroatoms. The van der Waals surface area contributed by atoms with E-state index in [9.17, 15) is 0 Å². The molecule has 1 aliphatic carbocycles. The molecule has 0 spiro atoms. The van der Waals surface area contributed by atoms with E-state index < -0.39 is 0 Å². The normalized spacial score (nSPS) is 15.9. The van der Waals surface area contributed by atoms with Crippen LogP contribution in [-0.4, -0.2) is 35.9 Å². The zero-order valence-corrected chi connectivity index (χ0v) is 12.3. The lowest BCUT2D eigenvalue weighted by atomic mass is 10.2. The average molecular weight is 266 g/mol. The lowest BCUT2D eigenvalue weighted by Gasteiger charge is -2.26. The maximum Gasteiger partial charge on any atom is 0.191 e. The zero-order chi connectivity index (χ0) is 13.0. The number of anilines is 2. The van der Waals surface area contributed by atoms with Crippen LogP contribution in [0.15, 0.2) is 11.2 Å². The first kappa shape index (κ1) is 13.5. The van der Waals surface area contributed by atoms with E-state index in [0.29, 0.717) is 6.04 Å². The van der Waals surface area contributed by atoms with Gasteiger partial charge in [0.1, 0.15) is 11.6 Å². The molecule has 0 amide bonds. The van der Waals surface area contributed by atoms with E-state index in [4.69, 9.17) is 0 Å². The summed E-state index contributed by atoms with van der Waals surface area (Å²) in [5.74, 6) is 1.97. The summed E-state index contributed by atoms with van der Waals surface area (Å²) >= 11 is 1.59. The van der Waals surface area contributed by atoms with Crippen molar-refractivity contribution in [1.29, 1.82) is 0 Å². The number of hydrogen-bond acceptors (Lipinski definition) is 5. The molecule has 1 saturated carbocycles. The second kappa shape index (κ2) is 6.27. The van der Waals surface area contributed by atoms with Gasteiger partial charge < -0.3 is 10.2 Å². The molecule has 1 aromatic rings. The molecular formula is C13H22N4S. The number of aromatic nitrogens is 2. The molecule has 0 unspecified atom stereocenters. The molecule has 100 valence electrons. The Labute approximate surface area is 114 Å². The second-order valence-corrected chi connectivity index (χ2v) is 5.45. The minimum atomic E-state index is 0.643. The van der Waals surface area contributed by atoms with E-state index in [1.54, 1.807) is 11.8 Å². The molecule has 0 saturated heterocycles. The SMILES string of the molecule is CCNc1cc(N(C)C2CCCC2)nc(SC)n1. The standard InChI is InChI=1S/C13H22N4S/c1-4-14-11-9-12(16-13(15-11)18-3)17(2)10-7-5-6-8-10/h9-10H,4-8H2,1-3H3,(H,14,15,16). The van der Waals surface area contributed by atoms with Gasteiger partial charge in [-0.25, -0.2) is 9.97 Å². The van der Waals surface area contributed by atoms with Crippen LogP contribution in [0, 0.1) is 0 Å². The number of thioether (sulfide) groups is 1. The van der Waals surface area contributed by atoms with Crippen molar-refractivity contribution in [3.8, 4) is 0 Å². The zero-order valence-electron chi connectivity index (χ0n) is 11.4. The minimum absolute atomic E-state index is 0.643. The Balaban J connectivity index is 2.21. The van der Waals surface area contributed by atoms with Crippen molar-refractivity contribution in [3.63, 3.8) is 0 Å². The third-order valence-corrected chi connectivity index (χ3v) is 4.01. The van der Waals surface area contributed by atoms with Crippen LogP contribution in [-0.2, 0) is 0 Å². The molecule has 0 atom stereocenters. The monoisotopic (exact) mass is 266 g/mol. The quantitative estimate of drug-likeness (QED) is 0.655. The molecule has 2 rings (SSSR count). The molecule has 0 radical (unpaired) electrons. The molecule has 1 aliphatic rings. The van der Waals surface area contributed by atoms with E-state index in [-0.39, 0.29) is 0 Å². The van der Waals surface area contributed by atoms with Gasteiger partial charge in [-0.3, -0.25) is 0 Å². The van der Waals surface area contributed by atoms with Crippen molar-refractivity contribution >= 4 is 23.4 Å². The van der Waals surface area contributed by atoms with Crippen LogP contribution in [0.25, 0.3) is 0 Å². The molecule has 0 aromatic carbocycles. The van der Waals surface area contributed by atoms with Crippen LogP contribution >= 0.6 is 11.8 Å². The number of nitrogens with one attached hydrogen (secondary N) is 1. The van der Waals surface area contributed by atoms with Crippen LogP contribution in [0.4, 0.5) is 11.6 Å². The van der Waals surface area contributed by atoms with Gasteiger partial charge in [0.05, 0.1) is 0 Å². The number of hydrogen-bond donors (Lipinski definition) is 1. The van der Waals surface area contributed by atoms with Crippen LogP contribution in [0.2, 0.25) is 0 Å². The number of nitrogens with zero attached hydrogens (tertiary/aromatic N) is 3. The maximum atomic E-state index is 4.62. The van der Waals surface area contributed by atoms with Crippen molar-refractivity contribution in [2.75, 3.05) is 30.1 Å². The van der Waals surface area contributed by atoms with Gasteiger partial charge in [-0.05, 0) is 26.0 Å². The average Bonchev–Trinajstić information content (AvgIpc) is 2.91. The Bertz CT molecular complexity index is 391. The minimum Gasteiger partial charge on any atom is -0.370 e. The van der Waals surface area contributed by atoms with Crippen LogP contribution in [0.3, 0.4) is 0 Å². The molecular weight excluding hydrogens is 244 g/mol. The number of rotatable bonds is 5. The Morgan fingerprint density at radius 3 is 2.72 bits per heavy atom. The summed E-state index contributed by atoms with van der Waals surface area (Å²) in [6, 6.07) is 2.70. The molecule has 1 N–H and O–H groups in total. The molecule has 1 aromatic heterocycles. The van der Waals surface area contributed by atoms with Crippen molar-refractivity contribution in [2.45, 2.75) is 43.8 Å². The first-order chi connectivity index (χ1) is 8.74. The predicted octanol–water partition coefficient (Wildman–Crippen LogP) is 3.01. The summed E-state index contributed by atoms with van der Waals surface area (Å²) in [6.45, 7) is 2.97. The Kier molecular flexibility index (Phi) is 4.69. The lowest BCUT2D eigenvalue weighted by Crippen LogP contribution is -2.29. The highest BCUT2D eigenvalue weighted by molar-refractivity contribution is 7.98. The summed E-state index contributed by atoms with van der Waals surface area (Å²) in [5.41, 5.74) is 0. The third kappa shape index (κ3) is 3.07. The van der Waals surface area contributed by atoms with E-state index >= 15 is 0 Å². The van der Waals surface area contributed by atoms with Gasteiger partial charge in [0, 0.05) is 25.7 Å². The topological polar surface area (TPSA) is 41.0 Å². The fourth-order valence-corrected chi connectivity index (χ4v) is 2.81. The fourth-order valence-electron chi connectivity index (χ4n) is 2.44. The summed E-state index contributed by atoms with van der Waals surface area (Å²) < 4.78 is 0. The van der Waals surface area contributed by atoms with Gasteiger partial charge >= 0.3 is 0 Å². The van der Waals surface area contributed by atoms with Gasteiger partial charge in [0.2, 0.25) is 0 Å². The van der Waals surface area contributed by atoms with Crippen LogP contribution < -0.4 is 10.2 Å². The van der Waals surface area contributed by atoms with Gasteiger partial charge in [-0.15, -0.1) is 0 Å². The van der Waals surface area contributed by atoms with E-state index in [2.05, 4.69) is 40.2 Å². The summed E-state index contributed by atoms with van der Waals surface area (Å²) in [6.07, 6.45) is 7.27. The molecule has 1 heterocycles. The van der Waals surface area contributed by atoms with Gasteiger partial charge in [-0.2, -0.15) is 0 Å². The van der Waals surface area contributed by atoms with E-state index in [1.165, 1.54) is 25.7 Å². The molecule has 0 aliphatic heterocycles. The summed E-state index contributed by atoms with van der Waals surface area (Å²) in [5, 5.41) is 4.12. The van der Waals surface area contributed by atoms with E-state index in [1.807, 2.05) is 6.26 Å². The smallest absolute Gasteiger partial charge is 0.191 e. The Hall–Kier alpha value is -0.970. The molecule has 1 fully saturated rings. The maximum absolute atomic E-state index is 4.62. The first-order valence-electron chi connectivity index (χ1n) is 6.64. The summed E-state index contributed by atoms with van der Waals surface area (Å²) in [4.78, 5) is 11.4. The van der Waals surface area contributed by atoms with Crippen molar-refractivity contribution in [2.24, 2.45) is 0 Å². The molecule has 0 bridgehead atoms. The van der Waals surface area contributed by atoms with Crippen molar-refractivity contribution in [3.05, 3.63) is 6.07 Å². The second-order valence-electron chi connectivity index (χ2n) is 4.68. The third-order valence-electron chi connectivity index (χ3n) is 3.47. The van der Waals surface area contributed by atoms with Gasteiger partial charge in [-0.1, -0.05) is 24.6 Å². The van der Waals surface area contributed by atoms with Crippen molar-refractivity contribution < 1.29 is 0 Å². The first-order valence-corrected chi connectivity index (χ1v) is 7.87. The Morgan fingerprint density at radius 1 is 1.39 bits per heavy atom. The molecule has 4 nitrogen and oxygen atoms in total. The van der Waals surface area contributed by atoms with Crippen molar-refractivity contribution in [1.82, 2.24) is 9.97 Å². The highest BCUT2D eigenvalue weighted by atomic mass is 32.2. The molecule has 18 heavy (non-hydrogen) atoms. The fraction of sp³-hybridized carbons (Fsp3) is 0.692. The lowest BCUT2D eigenvalue weighted by molar-refractivity contribution is 0.642. The van der Waals surface area contributed by atoms with Gasteiger partial charge in [0.15, 0.2) is 5.16 Å². The van der Waals surface area contributed by atoms with Gasteiger partial charge in [0.25, 0.3) is 0 Å². The highest BCUT2D eigenvalue weighted by Gasteiger charge is 2.21.